The molecule has 0 atom stereocenters. The second-order valence-electron chi connectivity index (χ2n) is 3.71. The Morgan fingerprint density at radius 1 is 0.846 bits per heavy atom. The van der Waals surface area contributed by atoms with Gasteiger partial charge in [-0.05, 0) is 0 Å². The summed E-state index contributed by atoms with van der Waals surface area (Å²) in [4.78, 5) is 0. The number of benzene rings is 1. The topological polar surface area (TPSA) is 0 Å². The van der Waals surface area contributed by atoms with Gasteiger partial charge in [0.05, 0.1) is 8.07 Å². The van der Waals surface area contributed by atoms with Crippen molar-refractivity contribution in [1.82, 2.24) is 0 Å². The first-order chi connectivity index (χ1) is 6.29. The summed E-state index contributed by atoms with van der Waals surface area (Å²) < 4.78 is 0. The molecule has 0 saturated heterocycles. The third-order valence-electron chi connectivity index (χ3n) is 3.42. The van der Waals surface area contributed by atoms with E-state index < -0.39 is 8.07 Å². The zero-order chi connectivity index (χ0) is 9.73. The summed E-state index contributed by atoms with van der Waals surface area (Å²) in [6.07, 6.45) is 0. The maximum absolute atomic E-state index is 2.35. The fourth-order valence-corrected chi connectivity index (χ4v) is 5.78. The molecule has 1 rings (SSSR count). The highest BCUT2D eigenvalue weighted by molar-refractivity contribution is 6.91. The van der Waals surface area contributed by atoms with Crippen molar-refractivity contribution in [3.63, 3.8) is 0 Å². The van der Waals surface area contributed by atoms with Crippen LogP contribution in [0.25, 0.3) is 0 Å². The lowest BCUT2D eigenvalue weighted by atomic mass is 10.4. The van der Waals surface area contributed by atoms with Gasteiger partial charge in [0.25, 0.3) is 0 Å². The van der Waals surface area contributed by atoms with Crippen LogP contribution in [0.5, 0.6) is 0 Å². The summed E-state index contributed by atoms with van der Waals surface area (Å²) in [6.45, 7) is 7.06. The van der Waals surface area contributed by atoms with Gasteiger partial charge in [0.2, 0.25) is 0 Å². The van der Waals surface area contributed by atoms with Crippen molar-refractivity contribution in [1.29, 1.82) is 0 Å². The largest absolute Gasteiger partial charge is 0.0859 e. The minimum Gasteiger partial charge on any atom is -0.0675 e. The van der Waals surface area contributed by atoms with E-state index in [1.807, 2.05) is 0 Å². The quantitative estimate of drug-likeness (QED) is 0.641. The molecule has 0 aliphatic heterocycles. The Bertz CT molecular complexity index is 228. The van der Waals surface area contributed by atoms with Crippen LogP contribution in [0.3, 0.4) is 0 Å². The normalized spacial score (nSPS) is 11.6. The highest BCUT2D eigenvalue weighted by Crippen LogP contribution is 2.19. The zero-order valence-corrected chi connectivity index (χ0v) is 10.0. The molecule has 0 aliphatic rings. The molecule has 0 heterocycles. The standard InChI is InChI=1S/C12H20Si/c1-4-13(5-2,6-3)12-10-8-7-9-11-12/h7-11H,4-6H2,1-3H3. The Kier molecular flexibility index (Phi) is 3.73. The number of rotatable bonds is 4. The lowest BCUT2D eigenvalue weighted by Gasteiger charge is -2.28. The molecule has 0 fully saturated rings. The Morgan fingerprint density at radius 2 is 1.31 bits per heavy atom. The van der Waals surface area contributed by atoms with Gasteiger partial charge in [-0.15, -0.1) is 0 Å². The van der Waals surface area contributed by atoms with E-state index in [2.05, 4.69) is 51.1 Å². The van der Waals surface area contributed by atoms with E-state index in [1.165, 1.54) is 18.1 Å². The van der Waals surface area contributed by atoms with Crippen molar-refractivity contribution in [2.45, 2.75) is 38.9 Å². The van der Waals surface area contributed by atoms with Crippen LogP contribution in [0.15, 0.2) is 30.3 Å². The van der Waals surface area contributed by atoms with Crippen molar-refractivity contribution in [3.05, 3.63) is 30.3 Å². The average molecular weight is 192 g/mol. The Balaban J connectivity index is 3.01. The van der Waals surface area contributed by atoms with Gasteiger partial charge < -0.3 is 0 Å². The average Bonchev–Trinajstić information content (AvgIpc) is 2.23. The molecule has 0 bridgehead atoms. The molecule has 0 N–H and O–H groups in total. The second kappa shape index (κ2) is 4.61. The molecule has 1 heteroatoms. The number of hydrogen-bond acceptors (Lipinski definition) is 0. The van der Waals surface area contributed by atoms with Crippen LogP contribution >= 0.6 is 0 Å². The van der Waals surface area contributed by atoms with E-state index in [1.54, 1.807) is 5.19 Å². The fraction of sp³-hybridized carbons (Fsp3) is 0.500. The first kappa shape index (κ1) is 10.5. The van der Waals surface area contributed by atoms with Crippen molar-refractivity contribution in [3.8, 4) is 0 Å². The van der Waals surface area contributed by atoms with Gasteiger partial charge in [-0.1, -0.05) is 74.4 Å². The van der Waals surface area contributed by atoms with Crippen LogP contribution in [-0.2, 0) is 0 Å². The molecule has 0 saturated carbocycles. The SMILES string of the molecule is CC[Si](CC)(CC)c1ccccc1. The van der Waals surface area contributed by atoms with Crippen LogP contribution in [0.1, 0.15) is 20.8 Å². The van der Waals surface area contributed by atoms with Crippen molar-refractivity contribution in [2.24, 2.45) is 0 Å². The molecule has 0 nitrogen and oxygen atoms in total. The Morgan fingerprint density at radius 3 is 1.69 bits per heavy atom. The minimum atomic E-state index is -1.09. The molecule has 0 aromatic heterocycles. The third-order valence-corrected chi connectivity index (χ3v) is 9.04. The molecular weight excluding hydrogens is 172 g/mol. The molecule has 13 heavy (non-hydrogen) atoms. The van der Waals surface area contributed by atoms with Crippen LogP contribution in [0, 0.1) is 0 Å². The molecule has 0 spiro atoms. The summed E-state index contributed by atoms with van der Waals surface area (Å²) in [7, 11) is -1.09. The maximum atomic E-state index is 2.35. The van der Waals surface area contributed by atoms with E-state index >= 15 is 0 Å². The predicted molar refractivity (Wildman–Crippen MR) is 63.3 cm³/mol. The lowest BCUT2D eigenvalue weighted by molar-refractivity contribution is 1.19. The molecular formula is C12H20Si. The van der Waals surface area contributed by atoms with Gasteiger partial charge in [0, 0.05) is 0 Å². The van der Waals surface area contributed by atoms with Crippen molar-refractivity contribution >= 4 is 13.3 Å². The highest BCUT2D eigenvalue weighted by atomic mass is 28.3. The molecule has 0 radical (unpaired) electrons. The monoisotopic (exact) mass is 192 g/mol. The van der Waals surface area contributed by atoms with Crippen LogP contribution < -0.4 is 5.19 Å². The van der Waals surface area contributed by atoms with Crippen LogP contribution in [-0.4, -0.2) is 8.07 Å². The Hall–Kier alpha value is -0.563. The summed E-state index contributed by atoms with van der Waals surface area (Å²) in [5.41, 5.74) is 0. The van der Waals surface area contributed by atoms with Crippen LogP contribution in [0.2, 0.25) is 18.1 Å². The lowest BCUT2D eigenvalue weighted by Crippen LogP contribution is -2.45. The first-order valence-electron chi connectivity index (χ1n) is 5.34. The maximum Gasteiger partial charge on any atom is 0.0859 e. The predicted octanol–water partition coefficient (Wildman–Crippen LogP) is 3.40. The summed E-state index contributed by atoms with van der Waals surface area (Å²) in [5, 5.41) is 1.64. The molecule has 1 aromatic rings. The van der Waals surface area contributed by atoms with Gasteiger partial charge >= 0.3 is 0 Å². The number of hydrogen-bond donors (Lipinski definition) is 0. The molecule has 72 valence electrons. The van der Waals surface area contributed by atoms with Gasteiger partial charge in [-0.2, -0.15) is 0 Å². The van der Waals surface area contributed by atoms with Crippen molar-refractivity contribution < 1.29 is 0 Å². The summed E-state index contributed by atoms with van der Waals surface area (Å²) >= 11 is 0. The third kappa shape index (κ3) is 2.02. The van der Waals surface area contributed by atoms with E-state index in [0.29, 0.717) is 0 Å². The van der Waals surface area contributed by atoms with E-state index in [4.69, 9.17) is 0 Å². The van der Waals surface area contributed by atoms with E-state index in [9.17, 15) is 0 Å². The highest BCUT2D eigenvalue weighted by Gasteiger charge is 2.28. The van der Waals surface area contributed by atoms with Crippen LogP contribution in [0.4, 0.5) is 0 Å². The minimum absolute atomic E-state index is 1.09. The van der Waals surface area contributed by atoms with Crippen molar-refractivity contribution in [2.75, 3.05) is 0 Å². The molecule has 0 amide bonds. The summed E-state index contributed by atoms with van der Waals surface area (Å²) in [5.74, 6) is 0. The first-order valence-corrected chi connectivity index (χ1v) is 7.96. The summed E-state index contributed by atoms with van der Waals surface area (Å²) in [6, 6.07) is 15.3. The zero-order valence-electron chi connectivity index (χ0n) is 9.01. The van der Waals surface area contributed by atoms with E-state index in [-0.39, 0.29) is 0 Å². The molecule has 0 unspecified atom stereocenters. The van der Waals surface area contributed by atoms with Gasteiger partial charge in [-0.3, -0.25) is 0 Å². The van der Waals surface area contributed by atoms with Gasteiger partial charge in [0.15, 0.2) is 0 Å². The second-order valence-corrected chi connectivity index (χ2v) is 8.97. The Labute approximate surface area is 83.0 Å². The van der Waals surface area contributed by atoms with E-state index in [0.717, 1.165) is 0 Å². The van der Waals surface area contributed by atoms with Gasteiger partial charge in [-0.25, -0.2) is 0 Å². The smallest absolute Gasteiger partial charge is 0.0675 e. The fourth-order valence-electron chi connectivity index (χ4n) is 2.15. The molecule has 1 aromatic carbocycles. The van der Waals surface area contributed by atoms with Gasteiger partial charge in [0.1, 0.15) is 0 Å². The molecule has 0 aliphatic carbocycles.